The Balaban J connectivity index is 2.08. The summed E-state index contributed by atoms with van der Waals surface area (Å²) in [6.07, 6.45) is 1.97. The Labute approximate surface area is 123 Å². The molecule has 0 aliphatic rings. The summed E-state index contributed by atoms with van der Waals surface area (Å²) in [7, 11) is -3.19. The zero-order valence-corrected chi connectivity index (χ0v) is 12.9. The predicted molar refractivity (Wildman–Crippen MR) is 78.8 cm³/mol. The van der Waals surface area contributed by atoms with E-state index in [1.165, 1.54) is 30.5 Å². The number of oxazole rings is 1. The fourth-order valence-electron chi connectivity index (χ4n) is 1.81. The quantitative estimate of drug-likeness (QED) is 0.820. The van der Waals surface area contributed by atoms with Gasteiger partial charge in [0, 0.05) is 5.56 Å². The number of hydrogen-bond acceptors (Lipinski definition) is 4. The van der Waals surface area contributed by atoms with Crippen LogP contribution in [0.5, 0.6) is 0 Å². The van der Waals surface area contributed by atoms with Crippen LogP contribution in [-0.4, -0.2) is 19.2 Å². The van der Waals surface area contributed by atoms with Crippen LogP contribution >= 0.6 is 0 Å². The first kappa shape index (κ1) is 15.7. The highest BCUT2D eigenvalue weighted by Gasteiger charge is 2.16. The van der Waals surface area contributed by atoms with E-state index in [1.54, 1.807) is 0 Å². The van der Waals surface area contributed by atoms with E-state index in [9.17, 15) is 12.8 Å². The Morgan fingerprint density at radius 2 is 1.90 bits per heavy atom. The second kappa shape index (κ2) is 6.39. The minimum Gasteiger partial charge on any atom is -0.444 e. The molecular weight excluding hydrogens is 293 g/mol. The zero-order valence-electron chi connectivity index (χ0n) is 12.0. The molecular formula is C15H18FNO3S. The average molecular weight is 311 g/mol. The Hall–Kier alpha value is -1.69. The maximum atomic E-state index is 12.8. The van der Waals surface area contributed by atoms with Crippen molar-refractivity contribution in [2.24, 2.45) is 5.92 Å². The Morgan fingerprint density at radius 3 is 2.52 bits per heavy atom. The van der Waals surface area contributed by atoms with Gasteiger partial charge in [-0.3, -0.25) is 0 Å². The summed E-state index contributed by atoms with van der Waals surface area (Å²) in [6.45, 7) is 3.97. The lowest BCUT2D eigenvalue weighted by Crippen LogP contribution is -2.11. The minimum absolute atomic E-state index is 0.135. The largest absolute Gasteiger partial charge is 0.444 e. The minimum atomic E-state index is -3.19. The fraction of sp³-hybridized carbons (Fsp3) is 0.400. The topological polar surface area (TPSA) is 60.2 Å². The van der Waals surface area contributed by atoms with E-state index in [0.717, 1.165) is 0 Å². The van der Waals surface area contributed by atoms with Crippen LogP contribution in [0.4, 0.5) is 4.39 Å². The highest BCUT2D eigenvalue weighted by Crippen LogP contribution is 2.20. The van der Waals surface area contributed by atoms with E-state index in [0.29, 0.717) is 29.5 Å². The van der Waals surface area contributed by atoms with Crippen LogP contribution < -0.4 is 0 Å². The van der Waals surface area contributed by atoms with Crippen LogP contribution in [0.2, 0.25) is 0 Å². The first-order valence-electron chi connectivity index (χ1n) is 6.76. The van der Waals surface area contributed by atoms with Gasteiger partial charge in [0.1, 0.15) is 12.1 Å². The summed E-state index contributed by atoms with van der Waals surface area (Å²) in [5, 5.41) is 0. The van der Waals surface area contributed by atoms with E-state index >= 15 is 0 Å². The molecule has 1 heterocycles. The summed E-state index contributed by atoms with van der Waals surface area (Å²) >= 11 is 0. The predicted octanol–water partition coefficient (Wildman–Crippen LogP) is 3.44. The van der Waals surface area contributed by atoms with Gasteiger partial charge in [0.2, 0.25) is 5.89 Å². The number of aromatic nitrogens is 1. The lowest BCUT2D eigenvalue weighted by Gasteiger charge is -2.04. The van der Waals surface area contributed by atoms with Gasteiger partial charge in [-0.1, -0.05) is 13.8 Å². The van der Waals surface area contributed by atoms with Crippen LogP contribution in [0.25, 0.3) is 11.5 Å². The lowest BCUT2D eigenvalue weighted by molar-refractivity contribution is 0.567. The van der Waals surface area contributed by atoms with Gasteiger partial charge in [-0.25, -0.2) is 17.8 Å². The van der Waals surface area contributed by atoms with Crippen molar-refractivity contribution in [3.8, 4) is 11.5 Å². The molecule has 2 rings (SSSR count). The monoisotopic (exact) mass is 311 g/mol. The third kappa shape index (κ3) is 4.67. The first-order chi connectivity index (χ1) is 9.85. The molecule has 0 amide bonds. The molecule has 0 atom stereocenters. The number of halogens is 1. The van der Waals surface area contributed by atoms with Crippen molar-refractivity contribution in [1.82, 2.24) is 4.98 Å². The third-order valence-electron chi connectivity index (χ3n) is 3.02. The fourth-order valence-corrected chi connectivity index (χ4v) is 3.37. The van der Waals surface area contributed by atoms with Gasteiger partial charge in [0.15, 0.2) is 9.84 Å². The molecule has 1 aromatic carbocycles. The van der Waals surface area contributed by atoms with E-state index in [-0.39, 0.29) is 17.3 Å². The number of hydrogen-bond donors (Lipinski definition) is 0. The van der Waals surface area contributed by atoms with Gasteiger partial charge in [-0.2, -0.15) is 0 Å². The average Bonchev–Trinajstić information content (AvgIpc) is 2.85. The van der Waals surface area contributed by atoms with Crippen molar-refractivity contribution in [3.05, 3.63) is 42.0 Å². The van der Waals surface area contributed by atoms with Gasteiger partial charge >= 0.3 is 0 Å². The standard InChI is InChI=1S/C15H18FNO3S/c1-11(2)7-8-21(18,19)10-14-9-20-15(17-14)12-3-5-13(16)6-4-12/h3-6,9,11H,7-8,10H2,1-2H3. The third-order valence-corrected chi connectivity index (χ3v) is 4.61. The van der Waals surface area contributed by atoms with Crippen molar-refractivity contribution in [3.63, 3.8) is 0 Å². The molecule has 114 valence electrons. The molecule has 21 heavy (non-hydrogen) atoms. The van der Waals surface area contributed by atoms with Crippen molar-refractivity contribution < 1.29 is 17.2 Å². The molecule has 2 aromatic rings. The summed E-state index contributed by atoms with van der Waals surface area (Å²) in [4.78, 5) is 4.15. The molecule has 0 saturated carbocycles. The van der Waals surface area contributed by atoms with Crippen molar-refractivity contribution in [1.29, 1.82) is 0 Å². The maximum Gasteiger partial charge on any atom is 0.226 e. The van der Waals surface area contributed by atoms with Gasteiger partial charge in [0.25, 0.3) is 0 Å². The summed E-state index contributed by atoms with van der Waals surface area (Å²) in [6, 6.07) is 5.69. The molecule has 0 unspecified atom stereocenters. The van der Waals surface area contributed by atoms with E-state index in [2.05, 4.69) is 4.98 Å². The molecule has 0 aliphatic heterocycles. The second-order valence-electron chi connectivity index (χ2n) is 5.43. The molecule has 4 nitrogen and oxygen atoms in total. The summed E-state index contributed by atoms with van der Waals surface area (Å²) in [5.74, 6) is 0.297. The maximum absolute atomic E-state index is 12.8. The molecule has 6 heteroatoms. The number of nitrogens with zero attached hydrogens (tertiary/aromatic N) is 1. The van der Waals surface area contributed by atoms with Crippen LogP contribution in [-0.2, 0) is 15.6 Å². The highest BCUT2D eigenvalue weighted by molar-refractivity contribution is 7.90. The summed E-state index contributed by atoms with van der Waals surface area (Å²) in [5.41, 5.74) is 0.986. The SMILES string of the molecule is CC(C)CCS(=O)(=O)Cc1coc(-c2ccc(F)cc2)n1. The van der Waals surface area contributed by atoms with Gasteiger partial charge in [0.05, 0.1) is 17.2 Å². The van der Waals surface area contributed by atoms with Crippen molar-refractivity contribution in [2.45, 2.75) is 26.0 Å². The molecule has 0 fully saturated rings. The normalized spacial score (nSPS) is 12.0. The highest BCUT2D eigenvalue weighted by atomic mass is 32.2. The lowest BCUT2D eigenvalue weighted by atomic mass is 10.2. The second-order valence-corrected chi connectivity index (χ2v) is 7.61. The van der Waals surface area contributed by atoms with Gasteiger partial charge in [-0.15, -0.1) is 0 Å². The molecule has 0 N–H and O–H groups in total. The molecule has 0 saturated heterocycles. The van der Waals surface area contributed by atoms with Gasteiger partial charge < -0.3 is 4.42 Å². The van der Waals surface area contributed by atoms with E-state index < -0.39 is 9.84 Å². The van der Waals surface area contributed by atoms with Crippen LogP contribution in [0.3, 0.4) is 0 Å². The summed E-state index contributed by atoms with van der Waals surface area (Å²) < 4.78 is 42.0. The van der Waals surface area contributed by atoms with Crippen LogP contribution in [0.15, 0.2) is 34.9 Å². The van der Waals surface area contributed by atoms with E-state index in [1.807, 2.05) is 13.8 Å². The van der Waals surface area contributed by atoms with Crippen molar-refractivity contribution >= 4 is 9.84 Å². The molecule has 1 aromatic heterocycles. The zero-order chi connectivity index (χ0) is 15.5. The van der Waals surface area contributed by atoms with Crippen LogP contribution in [0, 0.1) is 11.7 Å². The Kier molecular flexibility index (Phi) is 4.77. The smallest absolute Gasteiger partial charge is 0.226 e. The molecule has 0 radical (unpaired) electrons. The van der Waals surface area contributed by atoms with Crippen molar-refractivity contribution in [2.75, 3.05) is 5.75 Å². The van der Waals surface area contributed by atoms with E-state index in [4.69, 9.17) is 4.42 Å². The Bertz CT molecular complexity index is 690. The molecule has 0 aliphatic carbocycles. The number of rotatable bonds is 6. The number of benzene rings is 1. The van der Waals surface area contributed by atoms with Gasteiger partial charge in [-0.05, 0) is 36.6 Å². The molecule has 0 bridgehead atoms. The first-order valence-corrected chi connectivity index (χ1v) is 8.58. The Morgan fingerprint density at radius 1 is 1.24 bits per heavy atom. The van der Waals surface area contributed by atoms with Crippen LogP contribution in [0.1, 0.15) is 26.0 Å². The number of sulfone groups is 1. The molecule has 0 spiro atoms.